The lowest BCUT2D eigenvalue weighted by Crippen LogP contribution is -2.31. The molecule has 7 heteroatoms. The molecule has 3 N–H and O–H groups in total. The van der Waals surface area contributed by atoms with Crippen LogP contribution in [0, 0.1) is 0 Å². The van der Waals surface area contributed by atoms with Crippen molar-refractivity contribution in [3.63, 3.8) is 0 Å². The summed E-state index contributed by atoms with van der Waals surface area (Å²) >= 11 is 0. The number of hydrogen-bond donors (Lipinski definition) is 3. The van der Waals surface area contributed by atoms with E-state index in [1.807, 2.05) is 31.2 Å². The Morgan fingerprint density at radius 2 is 1.62 bits per heavy atom. The molecule has 0 spiro atoms. The zero-order chi connectivity index (χ0) is 23.2. The molecule has 1 heterocycles. The molecule has 0 fully saturated rings. The van der Waals surface area contributed by atoms with Crippen LogP contribution in [0.5, 0.6) is 0 Å². The molecule has 7 nitrogen and oxygen atoms in total. The predicted molar refractivity (Wildman–Crippen MR) is 131 cm³/mol. The molecule has 2 amide bonds. The van der Waals surface area contributed by atoms with Gasteiger partial charge >= 0.3 is 0 Å². The van der Waals surface area contributed by atoms with Gasteiger partial charge in [0.1, 0.15) is 0 Å². The summed E-state index contributed by atoms with van der Waals surface area (Å²) in [5, 5.41) is 9.24. The van der Waals surface area contributed by atoms with Gasteiger partial charge in [-0.2, -0.15) is 0 Å². The Hall–Kier alpha value is -2.38. The molecule has 0 bridgehead atoms. The number of para-hydroxylation sites is 1. The molecule has 1 aromatic heterocycles. The van der Waals surface area contributed by atoms with Gasteiger partial charge in [0.15, 0.2) is 0 Å². The number of aromatic nitrogens is 1. The van der Waals surface area contributed by atoms with Crippen molar-refractivity contribution in [2.45, 2.75) is 71.4 Å². The Labute approximate surface area is 192 Å². The number of hydrogen-bond acceptors (Lipinski definition) is 4. The van der Waals surface area contributed by atoms with Gasteiger partial charge in [-0.05, 0) is 50.2 Å². The van der Waals surface area contributed by atoms with Gasteiger partial charge in [-0.1, -0.05) is 38.0 Å². The number of nitrogens with one attached hydrogen (secondary N) is 3. The second-order valence-corrected chi connectivity index (χ2v) is 8.39. The van der Waals surface area contributed by atoms with Gasteiger partial charge in [-0.25, -0.2) is 5.01 Å². The van der Waals surface area contributed by atoms with Gasteiger partial charge in [0.2, 0.25) is 11.8 Å². The summed E-state index contributed by atoms with van der Waals surface area (Å²) in [6.45, 7) is 4.98. The normalized spacial score (nSPS) is 11.2. The summed E-state index contributed by atoms with van der Waals surface area (Å²) in [6.07, 6.45) is 7.20. The first-order valence-corrected chi connectivity index (χ1v) is 12.0. The molecule has 0 saturated carbocycles. The van der Waals surface area contributed by atoms with Crippen molar-refractivity contribution in [1.29, 1.82) is 0 Å². The Kier molecular flexibility index (Phi) is 11.8. The summed E-state index contributed by atoms with van der Waals surface area (Å²) in [4.78, 5) is 24.0. The van der Waals surface area contributed by atoms with E-state index in [1.54, 1.807) is 0 Å². The van der Waals surface area contributed by atoms with Crippen molar-refractivity contribution in [2.75, 3.05) is 27.2 Å². The number of amides is 2. The van der Waals surface area contributed by atoms with Crippen molar-refractivity contribution in [3.8, 4) is 0 Å². The van der Waals surface area contributed by atoms with Crippen LogP contribution in [-0.2, 0) is 22.7 Å². The summed E-state index contributed by atoms with van der Waals surface area (Å²) in [5.74, 6) is 0.240. The molecule has 0 radical (unpaired) electrons. The molecule has 32 heavy (non-hydrogen) atoms. The van der Waals surface area contributed by atoms with Crippen LogP contribution < -0.4 is 16.1 Å². The fraction of sp³-hybridized carbons (Fsp3) is 0.600. The molecular weight excluding hydrogens is 402 g/mol. The molecule has 0 saturated heterocycles. The fourth-order valence-corrected chi connectivity index (χ4v) is 3.79. The molecule has 1 aromatic carbocycles. The van der Waals surface area contributed by atoms with Crippen molar-refractivity contribution < 1.29 is 9.59 Å². The molecule has 0 aliphatic carbocycles. The lowest BCUT2D eigenvalue weighted by atomic mass is 10.2. The first-order chi connectivity index (χ1) is 15.5. The minimum absolute atomic E-state index is 0.0833. The largest absolute Gasteiger partial charge is 0.356 e. The third-order valence-corrected chi connectivity index (χ3v) is 5.75. The number of nitrogens with zero attached hydrogens (tertiary/aromatic N) is 2. The molecule has 0 atom stereocenters. The summed E-state index contributed by atoms with van der Waals surface area (Å²) in [7, 11) is 3.91. The average Bonchev–Trinajstić information content (AvgIpc) is 3.13. The zero-order valence-electron chi connectivity index (χ0n) is 20.1. The van der Waals surface area contributed by atoms with E-state index in [9.17, 15) is 9.59 Å². The highest BCUT2D eigenvalue weighted by atomic mass is 16.2. The van der Waals surface area contributed by atoms with Gasteiger partial charge in [-0.3, -0.25) is 15.0 Å². The maximum absolute atomic E-state index is 12.4. The van der Waals surface area contributed by atoms with Gasteiger partial charge < -0.3 is 15.2 Å². The van der Waals surface area contributed by atoms with Gasteiger partial charge in [-0.15, -0.1) is 0 Å². The predicted octanol–water partition coefficient (Wildman–Crippen LogP) is 3.58. The fourth-order valence-electron chi connectivity index (χ4n) is 3.79. The van der Waals surface area contributed by atoms with Crippen molar-refractivity contribution >= 4 is 22.7 Å². The van der Waals surface area contributed by atoms with Crippen molar-refractivity contribution in [1.82, 2.24) is 25.6 Å². The Morgan fingerprint density at radius 1 is 0.938 bits per heavy atom. The SMILES string of the molecule is CCCCCC(=O)NCCCCCNC(=O)CCn1c(CN(C)NC)cc2ccccc21. The van der Waals surface area contributed by atoms with E-state index in [1.165, 1.54) is 11.1 Å². The minimum Gasteiger partial charge on any atom is -0.356 e. The number of unbranched alkanes of at least 4 members (excludes halogenated alkanes) is 4. The highest BCUT2D eigenvalue weighted by molar-refractivity contribution is 5.82. The van der Waals surface area contributed by atoms with Crippen LogP contribution in [-0.4, -0.2) is 48.6 Å². The van der Waals surface area contributed by atoms with E-state index in [0.717, 1.165) is 57.1 Å². The number of carbonyl (C=O) groups is 2. The van der Waals surface area contributed by atoms with E-state index >= 15 is 0 Å². The molecule has 2 rings (SSSR count). The third-order valence-electron chi connectivity index (χ3n) is 5.75. The third kappa shape index (κ3) is 9.01. The number of fused-ring (bicyclic) bond motifs is 1. The Morgan fingerprint density at radius 3 is 2.31 bits per heavy atom. The number of benzene rings is 1. The second kappa shape index (κ2) is 14.6. The van der Waals surface area contributed by atoms with E-state index in [0.29, 0.717) is 25.9 Å². The highest BCUT2D eigenvalue weighted by Crippen LogP contribution is 2.21. The maximum Gasteiger partial charge on any atom is 0.221 e. The van der Waals surface area contributed by atoms with Crippen LogP contribution in [0.1, 0.15) is 64.0 Å². The summed E-state index contributed by atoms with van der Waals surface area (Å²) in [5.41, 5.74) is 5.48. The first-order valence-electron chi connectivity index (χ1n) is 12.0. The van der Waals surface area contributed by atoms with Crippen molar-refractivity contribution in [2.24, 2.45) is 0 Å². The van der Waals surface area contributed by atoms with E-state index in [4.69, 9.17) is 0 Å². The molecule has 0 aliphatic rings. The summed E-state index contributed by atoms with van der Waals surface area (Å²) in [6, 6.07) is 10.5. The number of rotatable bonds is 16. The zero-order valence-corrected chi connectivity index (χ0v) is 20.1. The van der Waals surface area contributed by atoms with Crippen LogP contribution in [0.15, 0.2) is 30.3 Å². The Bertz CT molecular complexity index is 833. The summed E-state index contributed by atoms with van der Waals surface area (Å²) < 4.78 is 2.24. The minimum atomic E-state index is 0.0833. The van der Waals surface area contributed by atoms with Crippen LogP contribution in [0.2, 0.25) is 0 Å². The molecular formula is C25H41N5O2. The number of aryl methyl sites for hydroxylation is 1. The van der Waals surface area contributed by atoms with E-state index in [-0.39, 0.29) is 11.8 Å². The molecule has 2 aromatic rings. The van der Waals surface area contributed by atoms with Crippen LogP contribution in [0.25, 0.3) is 10.9 Å². The van der Waals surface area contributed by atoms with Crippen molar-refractivity contribution in [3.05, 3.63) is 36.0 Å². The quantitative estimate of drug-likeness (QED) is 0.274. The molecule has 0 aliphatic heterocycles. The highest BCUT2D eigenvalue weighted by Gasteiger charge is 2.11. The lowest BCUT2D eigenvalue weighted by Gasteiger charge is -2.17. The number of carbonyl (C=O) groups excluding carboxylic acids is 2. The van der Waals surface area contributed by atoms with E-state index in [2.05, 4.69) is 45.7 Å². The molecule has 178 valence electrons. The lowest BCUT2D eigenvalue weighted by molar-refractivity contribution is -0.122. The Balaban J connectivity index is 1.66. The van der Waals surface area contributed by atoms with Gasteiger partial charge in [0.05, 0.1) is 6.54 Å². The van der Waals surface area contributed by atoms with Crippen LogP contribution >= 0.6 is 0 Å². The first kappa shape index (κ1) is 25.9. The monoisotopic (exact) mass is 443 g/mol. The molecule has 0 unspecified atom stereocenters. The van der Waals surface area contributed by atoms with E-state index < -0.39 is 0 Å². The van der Waals surface area contributed by atoms with Crippen LogP contribution in [0.3, 0.4) is 0 Å². The maximum atomic E-state index is 12.4. The average molecular weight is 444 g/mol. The number of hydrazine groups is 1. The van der Waals surface area contributed by atoms with Crippen LogP contribution in [0.4, 0.5) is 0 Å². The second-order valence-electron chi connectivity index (χ2n) is 8.39. The smallest absolute Gasteiger partial charge is 0.221 e. The van der Waals surface area contributed by atoms with Gasteiger partial charge in [0.25, 0.3) is 0 Å². The standard InChI is InChI=1S/C25H41N5O2/c1-4-5-7-14-24(31)27-16-10-6-11-17-28-25(32)15-18-30-22(20-29(3)26-2)19-21-12-8-9-13-23(21)30/h8-9,12-13,19,26H,4-7,10-11,14-18,20H2,1-3H3,(H,27,31)(H,28,32). The van der Waals surface area contributed by atoms with Gasteiger partial charge in [0, 0.05) is 50.7 Å². The topological polar surface area (TPSA) is 78.4 Å².